The molecule has 0 amide bonds. The van der Waals surface area contributed by atoms with Crippen LogP contribution in [-0.2, 0) is 6.54 Å². The number of halogens is 2. The first-order valence-electron chi connectivity index (χ1n) is 5.45. The summed E-state index contributed by atoms with van der Waals surface area (Å²) >= 11 is 12.0. The summed E-state index contributed by atoms with van der Waals surface area (Å²) < 4.78 is 1.11. The molecular weight excluding hydrogens is 289 g/mol. The predicted octanol–water partition coefficient (Wildman–Crippen LogP) is 1.96. The Bertz CT molecular complexity index is 671. The van der Waals surface area contributed by atoms with Crippen LogP contribution in [0, 0.1) is 0 Å². The zero-order chi connectivity index (χ0) is 14.0. The summed E-state index contributed by atoms with van der Waals surface area (Å²) in [6.07, 6.45) is 0. The molecule has 7 heteroatoms. The molecule has 0 atom stereocenters. The third-order valence-electron chi connectivity index (χ3n) is 2.49. The van der Waals surface area contributed by atoms with Gasteiger partial charge in [0.05, 0.1) is 15.7 Å². The van der Waals surface area contributed by atoms with Crippen LogP contribution >= 0.6 is 23.2 Å². The van der Waals surface area contributed by atoms with Gasteiger partial charge >= 0.3 is 0 Å². The first kappa shape index (κ1) is 13.9. The molecular formula is C12H11Cl2N3O2. The highest BCUT2D eigenvalue weighted by Gasteiger charge is 2.12. The monoisotopic (exact) mass is 299 g/mol. The summed E-state index contributed by atoms with van der Waals surface area (Å²) in [4.78, 5) is 11.9. The largest absolute Gasteiger partial charge is 0.506 e. The lowest BCUT2D eigenvalue weighted by molar-refractivity contribution is 0.454. The minimum absolute atomic E-state index is 0.159. The fourth-order valence-electron chi connectivity index (χ4n) is 1.60. The van der Waals surface area contributed by atoms with Gasteiger partial charge in [-0.25, -0.2) is 0 Å². The van der Waals surface area contributed by atoms with E-state index in [4.69, 9.17) is 23.2 Å². The van der Waals surface area contributed by atoms with Crippen molar-refractivity contribution in [3.8, 4) is 11.4 Å². The molecule has 2 N–H and O–H groups in total. The Hall–Kier alpha value is -1.56. The van der Waals surface area contributed by atoms with Crippen molar-refractivity contribution in [3.05, 3.63) is 50.4 Å². The molecule has 0 bridgehead atoms. The van der Waals surface area contributed by atoms with Crippen LogP contribution in [0.1, 0.15) is 5.69 Å². The van der Waals surface area contributed by atoms with Gasteiger partial charge in [0.1, 0.15) is 11.4 Å². The minimum Gasteiger partial charge on any atom is -0.506 e. The maximum atomic E-state index is 11.9. The molecule has 0 aliphatic rings. The lowest BCUT2D eigenvalue weighted by Gasteiger charge is -2.10. The number of hydrogen-bond donors (Lipinski definition) is 2. The maximum absolute atomic E-state index is 11.9. The number of nitrogens with one attached hydrogen (secondary N) is 1. The van der Waals surface area contributed by atoms with E-state index in [0.717, 1.165) is 10.7 Å². The van der Waals surface area contributed by atoms with E-state index in [1.807, 2.05) is 0 Å². The number of rotatable bonds is 3. The first-order valence-corrected chi connectivity index (χ1v) is 6.21. The fourth-order valence-corrected chi connectivity index (χ4v) is 1.98. The minimum atomic E-state index is -0.485. The van der Waals surface area contributed by atoms with Crippen molar-refractivity contribution in [2.75, 3.05) is 7.05 Å². The van der Waals surface area contributed by atoms with E-state index in [2.05, 4.69) is 10.4 Å². The molecule has 0 saturated carbocycles. The standard InChI is InChI=1S/C12H11Cl2N3O2/c1-15-6-8-10(18)5-11(19)17(16-8)9-4-2-3-7(13)12(9)14/h2-5,15,18H,6H2,1H3. The quantitative estimate of drug-likeness (QED) is 0.909. The van der Waals surface area contributed by atoms with Gasteiger partial charge in [0, 0.05) is 12.6 Å². The molecule has 0 unspecified atom stereocenters. The van der Waals surface area contributed by atoms with E-state index in [1.54, 1.807) is 25.2 Å². The van der Waals surface area contributed by atoms with Gasteiger partial charge in [0.2, 0.25) is 0 Å². The summed E-state index contributed by atoms with van der Waals surface area (Å²) in [5, 5.41) is 17.1. The number of aromatic hydroxyl groups is 1. The molecule has 0 aliphatic heterocycles. The van der Waals surface area contributed by atoms with Gasteiger partial charge in [-0.1, -0.05) is 29.3 Å². The van der Waals surface area contributed by atoms with E-state index < -0.39 is 5.56 Å². The summed E-state index contributed by atoms with van der Waals surface area (Å²) in [6.45, 7) is 0.324. The number of nitrogens with zero attached hydrogens (tertiary/aromatic N) is 2. The van der Waals surface area contributed by atoms with E-state index in [0.29, 0.717) is 22.9 Å². The molecule has 0 fully saturated rings. The molecule has 19 heavy (non-hydrogen) atoms. The zero-order valence-corrected chi connectivity index (χ0v) is 11.5. The predicted molar refractivity (Wildman–Crippen MR) is 74.3 cm³/mol. The third-order valence-corrected chi connectivity index (χ3v) is 3.30. The van der Waals surface area contributed by atoms with Crippen molar-refractivity contribution < 1.29 is 5.11 Å². The second-order valence-corrected chi connectivity index (χ2v) is 4.61. The van der Waals surface area contributed by atoms with E-state index >= 15 is 0 Å². The van der Waals surface area contributed by atoms with Gasteiger partial charge in [-0.05, 0) is 19.2 Å². The van der Waals surface area contributed by atoms with Crippen LogP contribution in [0.25, 0.3) is 5.69 Å². The van der Waals surface area contributed by atoms with Crippen molar-refractivity contribution >= 4 is 23.2 Å². The molecule has 1 aromatic carbocycles. The van der Waals surface area contributed by atoms with Crippen LogP contribution in [0.15, 0.2) is 29.1 Å². The molecule has 2 rings (SSSR count). The average Bonchev–Trinajstić information content (AvgIpc) is 2.37. The number of hydrogen-bond acceptors (Lipinski definition) is 4. The van der Waals surface area contributed by atoms with E-state index in [9.17, 15) is 9.90 Å². The fraction of sp³-hybridized carbons (Fsp3) is 0.167. The summed E-state index contributed by atoms with van der Waals surface area (Å²) in [6, 6.07) is 6.01. The van der Waals surface area contributed by atoms with Gasteiger partial charge in [-0.15, -0.1) is 0 Å². The lowest BCUT2D eigenvalue weighted by Crippen LogP contribution is -2.23. The van der Waals surface area contributed by atoms with Crippen LogP contribution in [0.2, 0.25) is 10.0 Å². The highest BCUT2D eigenvalue weighted by molar-refractivity contribution is 6.43. The molecule has 1 heterocycles. The highest BCUT2D eigenvalue weighted by atomic mass is 35.5. The van der Waals surface area contributed by atoms with Gasteiger partial charge < -0.3 is 10.4 Å². The van der Waals surface area contributed by atoms with Crippen LogP contribution in [-0.4, -0.2) is 21.9 Å². The van der Waals surface area contributed by atoms with Crippen LogP contribution in [0.4, 0.5) is 0 Å². The topological polar surface area (TPSA) is 67.2 Å². The van der Waals surface area contributed by atoms with Crippen molar-refractivity contribution in [2.45, 2.75) is 6.54 Å². The smallest absolute Gasteiger partial charge is 0.275 e. The van der Waals surface area contributed by atoms with Crippen molar-refractivity contribution in [2.24, 2.45) is 0 Å². The Labute approximate surface area is 119 Å². The highest BCUT2D eigenvalue weighted by Crippen LogP contribution is 2.27. The van der Waals surface area contributed by atoms with E-state index in [1.165, 1.54) is 0 Å². The second kappa shape index (κ2) is 5.61. The van der Waals surface area contributed by atoms with Crippen LogP contribution in [0.3, 0.4) is 0 Å². The van der Waals surface area contributed by atoms with Gasteiger partial charge in [-0.3, -0.25) is 4.79 Å². The van der Waals surface area contributed by atoms with Crippen molar-refractivity contribution in [3.63, 3.8) is 0 Å². The number of benzene rings is 1. The molecule has 1 aromatic heterocycles. The molecule has 0 radical (unpaired) electrons. The molecule has 100 valence electrons. The molecule has 2 aromatic rings. The van der Waals surface area contributed by atoms with Gasteiger partial charge in [0.15, 0.2) is 0 Å². The SMILES string of the molecule is CNCc1nn(-c2cccc(Cl)c2Cl)c(=O)cc1O. The normalized spacial score (nSPS) is 10.7. The van der Waals surface area contributed by atoms with Crippen molar-refractivity contribution in [1.29, 1.82) is 0 Å². The average molecular weight is 300 g/mol. The van der Waals surface area contributed by atoms with E-state index in [-0.39, 0.29) is 10.8 Å². The zero-order valence-electron chi connectivity index (χ0n) is 10.0. The maximum Gasteiger partial charge on any atom is 0.275 e. The Morgan fingerprint density at radius 1 is 1.42 bits per heavy atom. The van der Waals surface area contributed by atoms with Crippen LogP contribution < -0.4 is 10.9 Å². The third kappa shape index (κ3) is 2.73. The molecule has 5 nitrogen and oxygen atoms in total. The Morgan fingerprint density at radius 3 is 2.84 bits per heavy atom. The Morgan fingerprint density at radius 2 is 2.16 bits per heavy atom. The molecule has 0 saturated heterocycles. The Balaban J connectivity index is 2.65. The summed E-state index contributed by atoms with van der Waals surface area (Å²) in [5.41, 5.74) is 0.233. The lowest BCUT2D eigenvalue weighted by atomic mass is 10.3. The molecule has 0 spiro atoms. The molecule has 0 aliphatic carbocycles. The second-order valence-electron chi connectivity index (χ2n) is 3.83. The summed E-state index contributed by atoms with van der Waals surface area (Å²) in [5.74, 6) is -0.159. The Kier molecular flexibility index (Phi) is 4.09. The first-order chi connectivity index (χ1) is 9.04. The van der Waals surface area contributed by atoms with Crippen molar-refractivity contribution in [1.82, 2.24) is 15.1 Å². The van der Waals surface area contributed by atoms with Gasteiger partial charge in [-0.2, -0.15) is 9.78 Å². The number of aromatic nitrogens is 2. The van der Waals surface area contributed by atoms with Crippen LogP contribution in [0.5, 0.6) is 5.75 Å². The van der Waals surface area contributed by atoms with Gasteiger partial charge in [0.25, 0.3) is 5.56 Å². The summed E-state index contributed by atoms with van der Waals surface area (Å²) in [7, 11) is 1.71.